The van der Waals surface area contributed by atoms with Gasteiger partial charge in [0.1, 0.15) is 0 Å². The van der Waals surface area contributed by atoms with Gasteiger partial charge in [0.2, 0.25) is 0 Å². The van der Waals surface area contributed by atoms with Crippen LogP contribution >= 0.6 is 0 Å². The Morgan fingerprint density at radius 3 is 2.03 bits per heavy atom. The number of benzene rings is 2. The summed E-state index contributed by atoms with van der Waals surface area (Å²) >= 11 is 0. The van der Waals surface area contributed by atoms with Gasteiger partial charge in [0.05, 0.1) is 12.5 Å². The maximum absolute atomic E-state index is 12.0. The average molecular weight is 453 g/mol. The number of esters is 1. The molecule has 0 amide bonds. The molecule has 2 unspecified atom stereocenters. The van der Waals surface area contributed by atoms with Crippen molar-refractivity contribution >= 4 is 24.7 Å². The second-order valence-corrected chi connectivity index (χ2v) is 14.8. The van der Waals surface area contributed by atoms with Gasteiger partial charge in [0.15, 0.2) is 0 Å². The van der Waals surface area contributed by atoms with Crippen LogP contribution in [0.25, 0.3) is 0 Å². The Kier molecular flexibility index (Phi) is 8.00. The fourth-order valence-electron chi connectivity index (χ4n) is 5.09. The third-order valence-electron chi connectivity index (χ3n) is 7.05. The molecule has 4 heteroatoms. The van der Waals surface area contributed by atoms with Gasteiger partial charge in [-0.3, -0.25) is 4.79 Å². The van der Waals surface area contributed by atoms with Crippen LogP contribution < -0.4 is 10.4 Å². The summed E-state index contributed by atoms with van der Waals surface area (Å²) in [7, 11) is -2.43. The topological polar surface area (TPSA) is 35.5 Å². The molecule has 0 heterocycles. The minimum Gasteiger partial charge on any atom is -0.466 e. The smallest absolute Gasteiger partial charge is 0.309 e. The van der Waals surface area contributed by atoms with Crippen molar-refractivity contribution in [2.45, 2.75) is 71.8 Å². The first-order valence-electron chi connectivity index (χ1n) is 12.2. The number of carbonyl (C=O) groups is 1. The lowest BCUT2D eigenvalue weighted by Gasteiger charge is -2.43. The standard InChI is InChI=1S/C28H40O3Si/c1-6-30-26(29)25-22-28(25,5)20-14-9-15-21-31-32(27(2,3)4,23-16-10-7-11-17-23)24-18-12-8-13-19-24/h7-8,10-13,16-19,25H,6,9,14-15,20-22H2,1-5H3. The molecule has 1 aliphatic rings. The van der Waals surface area contributed by atoms with E-state index in [-0.39, 0.29) is 22.3 Å². The third kappa shape index (κ3) is 5.35. The van der Waals surface area contributed by atoms with E-state index >= 15 is 0 Å². The molecular formula is C28H40O3Si. The van der Waals surface area contributed by atoms with E-state index in [9.17, 15) is 4.79 Å². The van der Waals surface area contributed by atoms with Gasteiger partial charge in [-0.15, -0.1) is 0 Å². The number of hydrogen-bond donors (Lipinski definition) is 0. The lowest BCUT2D eigenvalue weighted by Crippen LogP contribution is -2.66. The van der Waals surface area contributed by atoms with Crippen LogP contribution in [-0.2, 0) is 14.0 Å². The normalized spacial score (nSPS) is 20.7. The van der Waals surface area contributed by atoms with Crippen molar-refractivity contribution in [3.05, 3.63) is 60.7 Å². The Balaban J connectivity index is 1.62. The minimum absolute atomic E-state index is 0.00924. The Morgan fingerprint density at radius 2 is 1.53 bits per heavy atom. The third-order valence-corrected chi connectivity index (χ3v) is 12.1. The van der Waals surface area contributed by atoms with Gasteiger partial charge in [0, 0.05) is 6.61 Å². The lowest BCUT2D eigenvalue weighted by molar-refractivity contribution is -0.145. The van der Waals surface area contributed by atoms with Crippen molar-refractivity contribution in [1.82, 2.24) is 0 Å². The van der Waals surface area contributed by atoms with E-state index in [4.69, 9.17) is 9.16 Å². The number of rotatable bonds is 11. The van der Waals surface area contributed by atoms with E-state index < -0.39 is 8.32 Å². The first-order valence-corrected chi connectivity index (χ1v) is 14.1. The minimum atomic E-state index is -2.43. The number of hydrogen-bond acceptors (Lipinski definition) is 3. The van der Waals surface area contributed by atoms with E-state index in [1.165, 1.54) is 10.4 Å². The summed E-state index contributed by atoms with van der Waals surface area (Å²) in [5.41, 5.74) is 0.144. The molecule has 2 aromatic carbocycles. The van der Waals surface area contributed by atoms with Crippen LogP contribution in [-0.4, -0.2) is 27.5 Å². The van der Waals surface area contributed by atoms with Gasteiger partial charge in [-0.1, -0.05) is 101 Å². The maximum atomic E-state index is 12.0. The molecule has 0 radical (unpaired) electrons. The molecule has 1 saturated carbocycles. The zero-order valence-corrected chi connectivity index (χ0v) is 21.5. The number of carbonyl (C=O) groups excluding carboxylic acids is 1. The molecule has 0 saturated heterocycles. The van der Waals surface area contributed by atoms with E-state index in [1.807, 2.05) is 6.92 Å². The monoisotopic (exact) mass is 452 g/mol. The van der Waals surface area contributed by atoms with Crippen molar-refractivity contribution in [2.24, 2.45) is 11.3 Å². The van der Waals surface area contributed by atoms with E-state index in [1.54, 1.807) is 0 Å². The van der Waals surface area contributed by atoms with Gasteiger partial charge in [-0.05, 0) is 47.0 Å². The molecule has 1 aliphatic carbocycles. The van der Waals surface area contributed by atoms with Gasteiger partial charge < -0.3 is 9.16 Å². The summed E-state index contributed by atoms with van der Waals surface area (Å²) in [6.45, 7) is 12.3. The second kappa shape index (κ2) is 10.3. The Labute approximate surface area is 195 Å². The predicted molar refractivity (Wildman–Crippen MR) is 135 cm³/mol. The van der Waals surface area contributed by atoms with Crippen LogP contribution in [0.3, 0.4) is 0 Å². The van der Waals surface area contributed by atoms with Crippen molar-refractivity contribution < 1.29 is 14.0 Å². The molecule has 0 bridgehead atoms. The second-order valence-electron chi connectivity index (χ2n) is 10.5. The van der Waals surface area contributed by atoms with Crippen molar-refractivity contribution in [2.75, 3.05) is 13.2 Å². The number of unbranched alkanes of at least 4 members (excludes halogenated alkanes) is 2. The summed E-state index contributed by atoms with van der Waals surface area (Å²) in [6, 6.07) is 21.7. The summed E-state index contributed by atoms with van der Waals surface area (Å²) < 4.78 is 12.2. The molecule has 0 aromatic heterocycles. The van der Waals surface area contributed by atoms with Crippen LogP contribution in [0.15, 0.2) is 60.7 Å². The molecular weight excluding hydrogens is 412 g/mol. The van der Waals surface area contributed by atoms with Crippen LogP contribution in [0.5, 0.6) is 0 Å². The molecule has 3 nitrogen and oxygen atoms in total. The Bertz CT molecular complexity index is 820. The highest BCUT2D eigenvalue weighted by molar-refractivity contribution is 6.99. The lowest BCUT2D eigenvalue weighted by atomic mass is 9.98. The highest BCUT2D eigenvalue weighted by atomic mass is 28.4. The van der Waals surface area contributed by atoms with Gasteiger partial charge >= 0.3 is 5.97 Å². The Hall–Kier alpha value is -1.91. The predicted octanol–water partition coefficient (Wildman–Crippen LogP) is 5.71. The zero-order chi connectivity index (χ0) is 23.2. The first-order chi connectivity index (χ1) is 15.2. The maximum Gasteiger partial charge on any atom is 0.309 e. The Morgan fingerprint density at radius 1 is 0.969 bits per heavy atom. The molecule has 3 rings (SSSR count). The highest BCUT2D eigenvalue weighted by Crippen LogP contribution is 2.56. The molecule has 1 fully saturated rings. The SMILES string of the molecule is CCOC(=O)C1CC1(C)CCCCCO[Si](c1ccccc1)(c1ccccc1)C(C)(C)C. The molecule has 2 atom stereocenters. The van der Waals surface area contributed by atoms with Gasteiger partial charge in [0.25, 0.3) is 8.32 Å². The molecule has 0 aliphatic heterocycles. The fourth-order valence-corrected chi connectivity index (χ4v) is 9.69. The molecule has 0 N–H and O–H groups in total. The molecule has 0 spiro atoms. The quantitative estimate of drug-likeness (QED) is 0.249. The number of ether oxygens (including phenoxy) is 1. The molecule has 2 aromatic rings. The van der Waals surface area contributed by atoms with Gasteiger partial charge in [-0.25, -0.2) is 0 Å². The summed E-state index contributed by atoms with van der Waals surface area (Å²) in [5.74, 6) is 0.0980. The van der Waals surface area contributed by atoms with Crippen LogP contribution in [0.2, 0.25) is 5.04 Å². The average Bonchev–Trinajstić information content (AvgIpc) is 3.45. The first kappa shape index (κ1) is 24.7. The van der Waals surface area contributed by atoms with Crippen molar-refractivity contribution in [1.29, 1.82) is 0 Å². The van der Waals surface area contributed by atoms with Crippen molar-refractivity contribution in [3.8, 4) is 0 Å². The largest absolute Gasteiger partial charge is 0.466 e. The van der Waals surface area contributed by atoms with Crippen LogP contribution in [0.4, 0.5) is 0 Å². The molecule has 32 heavy (non-hydrogen) atoms. The summed E-state index contributed by atoms with van der Waals surface area (Å²) in [6.07, 6.45) is 5.38. The van der Waals surface area contributed by atoms with E-state index in [2.05, 4.69) is 88.4 Å². The van der Waals surface area contributed by atoms with E-state index in [0.717, 1.165) is 38.7 Å². The van der Waals surface area contributed by atoms with E-state index in [0.29, 0.717) is 6.61 Å². The zero-order valence-electron chi connectivity index (χ0n) is 20.5. The molecule has 174 valence electrons. The van der Waals surface area contributed by atoms with Crippen LogP contribution in [0, 0.1) is 11.3 Å². The van der Waals surface area contributed by atoms with Gasteiger partial charge in [-0.2, -0.15) is 0 Å². The van der Waals surface area contributed by atoms with Crippen LogP contribution in [0.1, 0.15) is 66.7 Å². The van der Waals surface area contributed by atoms with Crippen molar-refractivity contribution in [3.63, 3.8) is 0 Å². The summed E-state index contributed by atoms with van der Waals surface area (Å²) in [4.78, 5) is 12.0. The fraction of sp³-hybridized carbons (Fsp3) is 0.536. The summed E-state index contributed by atoms with van der Waals surface area (Å²) in [5, 5.41) is 2.69. The highest BCUT2D eigenvalue weighted by Gasteiger charge is 2.54.